The van der Waals surface area contributed by atoms with Crippen molar-refractivity contribution in [3.63, 3.8) is 0 Å². The second kappa shape index (κ2) is 6.20. The summed E-state index contributed by atoms with van der Waals surface area (Å²) >= 11 is 0. The molecular weight excluding hydrogens is 286 g/mol. The van der Waals surface area contributed by atoms with E-state index in [0.29, 0.717) is 5.56 Å². The number of nitrogens with zero attached hydrogens (tertiary/aromatic N) is 1. The van der Waals surface area contributed by atoms with Crippen LogP contribution < -0.4 is 11.2 Å². The fraction of sp³-hybridized carbons (Fsp3) is 0.600. The number of H-pyrrole nitrogens is 1. The normalized spacial score (nSPS) is 27.6. The molecule has 0 amide bonds. The van der Waals surface area contributed by atoms with Gasteiger partial charge in [-0.2, -0.15) is 0 Å². The van der Waals surface area contributed by atoms with Crippen LogP contribution in [0.15, 0.2) is 15.8 Å². The molecule has 1 aliphatic rings. The van der Waals surface area contributed by atoms with E-state index < -0.39 is 37.9 Å². The summed E-state index contributed by atoms with van der Waals surface area (Å²) in [6.07, 6.45) is -0.699. The fourth-order valence-corrected chi connectivity index (χ4v) is 2.29. The second-order valence-electron chi connectivity index (χ2n) is 4.51. The number of hydrogen-bond acceptors (Lipinski definition) is 6. The quantitative estimate of drug-likeness (QED) is 0.480. The number of aromatic nitrogens is 2. The van der Waals surface area contributed by atoms with Crippen molar-refractivity contribution in [2.45, 2.75) is 31.8 Å². The summed E-state index contributed by atoms with van der Waals surface area (Å²) in [6, 6.07) is 0. The lowest BCUT2D eigenvalue weighted by atomic mass is 10.2. The Morgan fingerprint density at radius 2 is 2.35 bits per heavy atom. The van der Waals surface area contributed by atoms with Gasteiger partial charge in [0.15, 0.2) is 7.57 Å². The highest BCUT2D eigenvalue weighted by Gasteiger charge is 2.35. The molecule has 8 nitrogen and oxygen atoms in total. The van der Waals surface area contributed by atoms with Crippen molar-refractivity contribution >= 4 is 15.8 Å². The maximum atomic E-state index is 11.7. The summed E-state index contributed by atoms with van der Waals surface area (Å²) in [7, 11) is 3.06. The van der Waals surface area contributed by atoms with Crippen LogP contribution in [-0.4, -0.2) is 45.9 Å². The summed E-state index contributed by atoms with van der Waals surface area (Å²) in [5.74, 6) is 0. The van der Waals surface area contributed by atoms with E-state index in [-0.39, 0.29) is 13.0 Å². The minimum atomic E-state index is -2.03. The van der Waals surface area contributed by atoms with Crippen molar-refractivity contribution in [3.05, 3.63) is 32.6 Å². The molecule has 1 aliphatic heterocycles. The SMILES string of the molecule is [B]P(O)OC[C@H]1O[C@@H](n2cc(C)c(=O)[nH]c2=O)C[C@@H]1O. The van der Waals surface area contributed by atoms with Crippen LogP contribution >= 0.6 is 8.25 Å². The van der Waals surface area contributed by atoms with Crippen molar-refractivity contribution in [2.24, 2.45) is 0 Å². The van der Waals surface area contributed by atoms with Crippen LogP contribution in [0.4, 0.5) is 0 Å². The molecule has 1 saturated heterocycles. The number of aliphatic hydroxyl groups excluding tert-OH is 1. The number of ether oxygens (including phenoxy) is 1. The van der Waals surface area contributed by atoms with E-state index in [2.05, 4.69) is 4.98 Å². The minimum Gasteiger partial charge on any atom is -0.390 e. The van der Waals surface area contributed by atoms with E-state index in [9.17, 15) is 14.7 Å². The van der Waals surface area contributed by atoms with Crippen LogP contribution in [-0.2, 0) is 9.26 Å². The van der Waals surface area contributed by atoms with Crippen LogP contribution in [0, 0.1) is 6.92 Å². The first-order valence-electron chi connectivity index (χ1n) is 5.90. The van der Waals surface area contributed by atoms with E-state index in [1.54, 1.807) is 6.92 Å². The topological polar surface area (TPSA) is 114 Å². The molecule has 1 fully saturated rings. The maximum absolute atomic E-state index is 11.7. The Balaban J connectivity index is 2.14. The van der Waals surface area contributed by atoms with Crippen molar-refractivity contribution < 1.29 is 19.3 Å². The maximum Gasteiger partial charge on any atom is 0.330 e. The number of nitrogens with one attached hydrogen (secondary N) is 1. The second-order valence-corrected chi connectivity index (χ2v) is 5.37. The Morgan fingerprint density at radius 3 is 3.00 bits per heavy atom. The van der Waals surface area contributed by atoms with Gasteiger partial charge < -0.3 is 19.3 Å². The number of aromatic amines is 1. The molecule has 2 radical (unpaired) electrons. The molecule has 20 heavy (non-hydrogen) atoms. The third-order valence-electron chi connectivity index (χ3n) is 3.03. The van der Waals surface area contributed by atoms with Gasteiger partial charge in [-0.05, 0) is 6.92 Å². The molecule has 108 valence electrons. The van der Waals surface area contributed by atoms with Crippen molar-refractivity contribution in [2.75, 3.05) is 6.61 Å². The van der Waals surface area contributed by atoms with Gasteiger partial charge in [-0.25, -0.2) is 4.79 Å². The molecule has 0 saturated carbocycles. The largest absolute Gasteiger partial charge is 0.390 e. The zero-order chi connectivity index (χ0) is 14.9. The summed E-state index contributed by atoms with van der Waals surface area (Å²) in [5, 5.41) is 9.84. The zero-order valence-corrected chi connectivity index (χ0v) is 11.6. The van der Waals surface area contributed by atoms with E-state index in [1.807, 2.05) is 0 Å². The number of aliphatic hydroxyl groups is 1. The molecule has 0 bridgehead atoms. The number of rotatable bonds is 4. The van der Waals surface area contributed by atoms with Gasteiger partial charge in [-0.15, -0.1) is 0 Å². The van der Waals surface area contributed by atoms with Gasteiger partial charge in [0.05, 0.1) is 21.0 Å². The van der Waals surface area contributed by atoms with Crippen LogP contribution in [0.3, 0.4) is 0 Å². The van der Waals surface area contributed by atoms with Crippen LogP contribution in [0.2, 0.25) is 0 Å². The Kier molecular flexibility index (Phi) is 4.77. The summed E-state index contributed by atoms with van der Waals surface area (Å²) in [5.41, 5.74) is -0.704. The monoisotopic (exact) mass is 300 g/mol. The molecule has 4 atom stereocenters. The number of hydrogen-bond donors (Lipinski definition) is 3. The van der Waals surface area contributed by atoms with Gasteiger partial charge in [0, 0.05) is 18.2 Å². The zero-order valence-electron chi connectivity index (χ0n) is 10.7. The molecule has 0 aromatic carbocycles. The lowest BCUT2D eigenvalue weighted by Gasteiger charge is -2.17. The molecule has 10 heteroatoms. The third kappa shape index (κ3) is 3.36. The van der Waals surface area contributed by atoms with Crippen LogP contribution in [0.1, 0.15) is 18.2 Å². The Bertz CT molecular complexity index is 588. The van der Waals surface area contributed by atoms with E-state index in [4.69, 9.17) is 21.7 Å². The highest BCUT2D eigenvalue weighted by Crippen LogP contribution is 2.31. The molecule has 3 N–H and O–H groups in total. The standard InChI is InChI=1S/C10H14BN2O6P/c1-5-3-13(10(16)12-9(5)15)8-2-6(14)7(19-8)4-18-20(11)17/h3,6-8,14,17H,2,4H2,1H3,(H,12,15,16)/t6-,7+,8+,20?/m0/s1. The average Bonchev–Trinajstić information content (AvgIpc) is 2.72. The predicted octanol–water partition coefficient (Wildman–Crippen LogP) is -1.10. The van der Waals surface area contributed by atoms with E-state index in [0.717, 1.165) is 0 Å². The van der Waals surface area contributed by atoms with Crippen molar-refractivity contribution in [1.82, 2.24) is 9.55 Å². The average molecular weight is 300 g/mol. The highest BCUT2D eigenvalue weighted by atomic mass is 31.2. The van der Waals surface area contributed by atoms with E-state index in [1.165, 1.54) is 10.8 Å². The van der Waals surface area contributed by atoms with Crippen LogP contribution in [0.25, 0.3) is 0 Å². The predicted molar refractivity (Wildman–Crippen MR) is 71.4 cm³/mol. The molecule has 1 aromatic heterocycles. The molecule has 2 rings (SSSR count). The Labute approximate surface area is 116 Å². The van der Waals surface area contributed by atoms with Gasteiger partial charge in [-0.3, -0.25) is 14.3 Å². The van der Waals surface area contributed by atoms with Crippen molar-refractivity contribution in [1.29, 1.82) is 0 Å². The van der Waals surface area contributed by atoms with Gasteiger partial charge in [-0.1, -0.05) is 0 Å². The smallest absolute Gasteiger partial charge is 0.330 e. The molecule has 1 unspecified atom stereocenters. The molecule has 1 aromatic rings. The Morgan fingerprint density at radius 1 is 1.65 bits per heavy atom. The first-order valence-corrected chi connectivity index (χ1v) is 7.19. The lowest BCUT2D eigenvalue weighted by Crippen LogP contribution is -2.33. The first kappa shape index (κ1) is 15.4. The minimum absolute atomic E-state index is 0.0759. The third-order valence-corrected chi connectivity index (χ3v) is 3.44. The molecule has 2 heterocycles. The molecular formula is C10H14BN2O6P. The lowest BCUT2D eigenvalue weighted by molar-refractivity contribution is -0.0402. The summed E-state index contributed by atoms with van der Waals surface area (Å²) in [6.45, 7) is 1.49. The highest BCUT2D eigenvalue weighted by molar-refractivity contribution is 7.73. The molecule has 0 spiro atoms. The summed E-state index contributed by atoms with van der Waals surface area (Å²) in [4.78, 5) is 34.1. The van der Waals surface area contributed by atoms with Gasteiger partial charge in [0.1, 0.15) is 12.3 Å². The summed E-state index contributed by atoms with van der Waals surface area (Å²) < 4.78 is 11.5. The van der Waals surface area contributed by atoms with Crippen LogP contribution in [0.5, 0.6) is 0 Å². The number of aryl methyl sites for hydroxylation is 1. The first-order chi connectivity index (χ1) is 9.38. The van der Waals surface area contributed by atoms with Gasteiger partial charge in [0.25, 0.3) is 5.56 Å². The van der Waals surface area contributed by atoms with Gasteiger partial charge in [0.2, 0.25) is 0 Å². The van der Waals surface area contributed by atoms with E-state index >= 15 is 0 Å². The molecule has 0 aliphatic carbocycles. The fourth-order valence-electron chi connectivity index (χ4n) is 1.99. The van der Waals surface area contributed by atoms with Crippen molar-refractivity contribution in [3.8, 4) is 0 Å². The Hall–Kier alpha value is -0.985. The van der Waals surface area contributed by atoms with Gasteiger partial charge >= 0.3 is 5.69 Å².